The lowest BCUT2D eigenvalue weighted by molar-refractivity contribution is 0.635. The predicted molar refractivity (Wildman–Crippen MR) is 178 cm³/mol. The smallest absolute Gasteiger partial charge is 0.0124 e. The van der Waals surface area contributed by atoms with Gasteiger partial charge in [-0.25, -0.2) is 0 Å². The fourth-order valence-electron chi connectivity index (χ4n) is 5.56. The first-order valence-corrected chi connectivity index (χ1v) is 16.8. The van der Waals surface area contributed by atoms with Crippen molar-refractivity contribution in [1.29, 1.82) is 0 Å². The van der Waals surface area contributed by atoms with Gasteiger partial charge in [0.05, 0.1) is 0 Å². The predicted octanol–water partition coefficient (Wildman–Crippen LogP) is 13.0. The standard InChI is InChI=1S/C32H38S2.C4H8/c1-3-5-7-9-11-13-31-27-19-17-23-24-18-20-28-30(22-34-32(28)14-12-10-8-6-4-2)26(24)16-15-25(23)29(27)21-33-31;1-3-4-2/h15-22H,3-14H2,1-2H3;3H,1,4H2,2H3. The average molecular weight is 543 g/mol. The molecule has 0 unspecified atom stereocenters. The molecule has 0 aliphatic heterocycles. The van der Waals surface area contributed by atoms with Gasteiger partial charge in [0.1, 0.15) is 0 Å². The molecule has 0 atom stereocenters. The number of unbranched alkanes of at least 4 members (excludes halogenated alkanes) is 8. The number of hydrogen-bond acceptors (Lipinski definition) is 2. The molecule has 38 heavy (non-hydrogen) atoms. The van der Waals surface area contributed by atoms with E-state index in [2.05, 4.69) is 74.5 Å². The van der Waals surface area contributed by atoms with Crippen LogP contribution in [0.4, 0.5) is 0 Å². The molecule has 0 radical (unpaired) electrons. The van der Waals surface area contributed by atoms with Gasteiger partial charge in [-0.05, 0) is 75.2 Å². The summed E-state index contributed by atoms with van der Waals surface area (Å²) < 4.78 is 0. The quantitative estimate of drug-likeness (QED) is 0.0788. The van der Waals surface area contributed by atoms with Crippen LogP contribution in [0.15, 0.2) is 59.8 Å². The fraction of sp³-hybridized carbons (Fsp3) is 0.444. The number of fused-ring (bicyclic) bond motifs is 7. The molecule has 2 heteroatoms. The summed E-state index contributed by atoms with van der Waals surface area (Å²) in [4.78, 5) is 3.15. The van der Waals surface area contributed by atoms with Crippen molar-refractivity contribution in [2.45, 2.75) is 104 Å². The maximum absolute atomic E-state index is 3.48. The van der Waals surface area contributed by atoms with Gasteiger partial charge in [0.15, 0.2) is 0 Å². The zero-order valence-electron chi connectivity index (χ0n) is 23.9. The Kier molecular flexibility index (Phi) is 11.3. The zero-order valence-corrected chi connectivity index (χ0v) is 25.5. The van der Waals surface area contributed by atoms with Crippen molar-refractivity contribution in [3.63, 3.8) is 0 Å². The van der Waals surface area contributed by atoms with Crippen LogP contribution >= 0.6 is 22.7 Å². The first kappa shape index (κ1) is 28.8. The lowest BCUT2D eigenvalue weighted by Crippen LogP contribution is -1.85. The Morgan fingerprint density at radius 1 is 0.500 bits per heavy atom. The van der Waals surface area contributed by atoms with E-state index >= 15 is 0 Å². The molecule has 0 aliphatic carbocycles. The van der Waals surface area contributed by atoms with Gasteiger partial charge in [-0.1, -0.05) is 115 Å². The number of aryl methyl sites for hydroxylation is 2. The summed E-state index contributed by atoms with van der Waals surface area (Å²) in [5.74, 6) is 0. The number of allylic oxidation sites excluding steroid dienone is 1. The van der Waals surface area contributed by atoms with Crippen LogP contribution in [-0.2, 0) is 12.8 Å². The highest BCUT2D eigenvalue weighted by molar-refractivity contribution is 7.12. The highest BCUT2D eigenvalue weighted by atomic mass is 32.1. The second-order valence-electron chi connectivity index (χ2n) is 10.7. The van der Waals surface area contributed by atoms with E-state index in [4.69, 9.17) is 0 Å². The Labute approximate surface area is 238 Å². The molecule has 3 aromatic carbocycles. The van der Waals surface area contributed by atoms with E-state index in [0.717, 1.165) is 6.42 Å². The summed E-state index contributed by atoms with van der Waals surface area (Å²) in [6.07, 6.45) is 18.9. The van der Waals surface area contributed by atoms with Gasteiger partial charge in [-0.15, -0.1) is 29.3 Å². The fourth-order valence-corrected chi connectivity index (χ4v) is 7.72. The van der Waals surface area contributed by atoms with E-state index < -0.39 is 0 Å². The molecule has 0 bridgehead atoms. The molecule has 0 fully saturated rings. The molecular formula is C36H46S2. The Hall–Kier alpha value is -2.16. The summed E-state index contributed by atoms with van der Waals surface area (Å²) in [7, 11) is 0. The SMILES string of the molecule is C=CCC.CCCCCCCc1scc2c1ccc1c2ccc2c3csc(CCCCCCC)c3ccc21. The van der Waals surface area contributed by atoms with Crippen molar-refractivity contribution >= 4 is 65.8 Å². The second-order valence-corrected chi connectivity index (χ2v) is 12.6. The van der Waals surface area contributed by atoms with Gasteiger partial charge in [0.25, 0.3) is 0 Å². The Morgan fingerprint density at radius 3 is 1.21 bits per heavy atom. The van der Waals surface area contributed by atoms with Gasteiger partial charge in [0.2, 0.25) is 0 Å². The van der Waals surface area contributed by atoms with E-state index in [1.54, 1.807) is 9.75 Å². The van der Waals surface area contributed by atoms with Gasteiger partial charge in [-0.3, -0.25) is 0 Å². The molecule has 0 amide bonds. The monoisotopic (exact) mass is 542 g/mol. The van der Waals surface area contributed by atoms with E-state index in [1.807, 2.05) is 28.7 Å². The number of rotatable bonds is 13. The van der Waals surface area contributed by atoms with Crippen molar-refractivity contribution in [3.05, 3.63) is 69.6 Å². The van der Waals surface area contributed by atoms with E-state index in [-0.39, 0.29) is 0 Å². The van der Waals surface area contributed by atoms with Crippen LogP contribution in [-0.4, -0.2) is 0 Å². The third kappa shape index (κ3) is 6.69. The molecule has 0 saturated carbocycles. The third-order valence-corrected chi connectivity index (χ3v) is 9.95. The Bertz CT molecular complexity index is 1340. The van der Waals surface area contributed by atoms with Gasteiger partial charge < -0.3 is 0 Å². The van der Waals surface area contributed by atoms with Crippen LogP contribution < -0.4 is 0 Å². The minimum Gasteiger partial charge on any atom is -0.148 e. The molecule has 0 saturated heterocycles. The first-order valence-electron chi connectivity index (χ1n) is 15.1. The first-order chi connectivity index (χ1) is 18.7. The largest absolute Gasteiger partial charge is 0.148 e. The minimum absolute atomic E-state index is 1.08. The normalized spacial score (nSPS) is 11.4. The van der Waals surface area contributed by atoms with E-state index in [9.17, 15) is 0 Å². The molecule has 0 nitrogen and oxygen atoms in total. The third-order valence-electron chi connectivity index (χ3n) is 7.82. The van der Waals surface area contributed by atoms with Crippen molar-refractivity contribution in [1.82, 2.24) is 0 Å². The Morgan fingerprint density at radius 2 is 0.842 bits per heavy atom. The summed E-state index contributed by atoms with van der Waals surface area (Å²) in [6.45, 7) is 10.1. The van der Waals surface area contributed by atoms with Crippen LogP contribution in [0.3, 0.4) is 0 Å². The molecule has 5 aromatic rings. The average Bonchev–Trinajstić information content (AvgIpc) is 3.57. The molecule has 0 spiro atoms. The molecule has 2 heterocycles. The van der Waals surface area contributed by atoms with E-state index in [1.165, 1.54) is 120 Å². The van der Waals surface area contributed by atoms with Crippen LogP contribution in [0.5, 0.6) is 0 Å². The summed E-state index contributed by atoms with van der Waals surface area (Å²) in [6, 6.07) is 14.3. The van der Waals surface area contributed by atoms with E-state index in [0.29, 0.717) is 0 Å². The van der Waals surface area contributed by atoms with Crippen molar-refractivity contribution in [2.24, 2.45) is 0 Å². The molecule has 0 N–H and O–H groups in total. The second kappa shape index (κ2) is 14.8. The molecule has 0 aliphatic rings. The highest BCUT2D eigenvalue weighted by Crippen LogP contribution is 2.39. The lowest BCUT2D eigenvalue weighted by atomic mass is 9.95. The molecule has 2 aromatic heterocycles. The van der Waals surface area contributed by atoms with Gasteiger partial charge in [0, 0.05) is 20.5 Å². The van der Waals surface area contributed by atoms with Crippen molar-refractivity contribution in [2.75, 3.05) is 0 Å². The number of hydrogen-bond donors (Lipinski definition) is 0. The number of thiophene rings is 2. The lowest BCUT2D eigenvalue weighted by Gasteiger charge is -2.08. The summed E-state index contributed by atoms with van der Waals surface area (Å²) in [5.41, 5.74) is 0. The maximum atomic E-state index is 3.48. The zero-order chi connectivity index (χ0) is 26.7. The molecule has 202 valence electrons. The van der Waals surface area contributed by atoms with Crippen LogP contribution in [0, 0.1) is 0 Å². The van der Waals surface area contributed by atoms with Crippen LogP contribution in [0.2, 0.25) is 0 Å². The topological polar surface area (TPSA) is 0 Å². The molecule has 5 rings (SSSR count). The van der Waals surface area contributed by atoms with Crippen LogP contribution in [0.1, 0.15) is 101 Å². The van der Waals surface area contributed by atoms with Gasteiger partial charge in [-0.2, -0.15) is 0 Å². The maximum Gasteiger partial charge on any atom is 0.0124 e. The van der Waals surface area contributed by atoms with Crippen molar-refractivity contribution in [3.8, 4) is 0 Å². The Balaban J connectivity index is 0.000000786. The minimum atomic E-state index is 1.08. The summed E-state index contributed by atoms with van der Waals surface area (Å²) >= 11 is 3.93. The number of benzene rings is 3. The highest BCUT2D eigenvalue weighted by Gasteiger charge is 2.13. The van der Waals surface area contributed by atoms with Crippen LogP contribution in [0.25, 0.3) is 43.1 Å². The molecular weight excluding hydrogens is 497 g/mol. The van der Waals surface area contributed by atoms with Crippen molar-refractivity contribution < 1.29 is 0 Å². The van der Waals surface area contributed by atoms with Gasteiger partial charge >= 0.3 is 0 Å². The summed E-state index contributed by atoms with van der Waals surface area (Å²) in [5, 5.41) is 16.3.